The van der Waals surface area contributed by atoms with Crippen molar-refractivity contribution >= 4 is 22.4 Å². The Kier molecular flexibility index (Phi) is 5.71. The fraction of sp³-hybridized carbons (Fsp3) is 0.333. The maximum absolute atomic E-state index is 13.6. The second-order valence-corrected chi connectivity index (χ2v) is 5.72. The van der Waals surface area contributed by atoms with E-state index in [1.54, 1.807) is 30.5 Å². The van der Waals surface area contributed by atoms with Crippen LogP contribution in [0.25, 0.3) is 0 Å². The van der Waals surface area contributed by atoms with E-state index in [-0.39, 0.29) is 5.82 Å². The van der Waals surface area contributed by atoms with E-state index >= 15 is 0 Å². The molecular weight excluding hydrogens is 301 g/mol. The average molecular weight is 321 g/mol. The van der Waals surface area contributed by atoms with Gasteiger partial charge in [0.25, 0.3) is 0 Å². The summed E-state index contributed by atoms with van der Waals surface area (Å²) in [6.07, 6.45) is 0. The van der Waals surface area contributed by atoms with Gasteiger partial charge in [0.15, 0.2) is 11.1 Å². The molecule has 0 amide bonds. The second kappa shape index (κ2) is 7.74. The highest BCUT2D eigenvalue weighted by Crippen LogP contribution is 2.17. The number of nitrogens with zero attached hydrogens (tertiary/aromatic N) is 3. The summed E-state index contributed by atoms with van der Waals surface area (Å²) in [5.74, 6) is 0.392. The third-order valence-corrected chi connectivity index (χ3v) is 4.04. The average Bonchev–Trinajstić information content (AvgIpc) is 2.98. The predicted octanol–water partition coefficient (Wildman–Crippen LogP) is 2.21. The van der Waals surface area contributed by atoms with Gasteiger partial charge in [-0.2, -0.15) is 0 Å². The molecule has 0 aliphatic heterocycles. The normalized spacial score (nSPS) is 11.4. The zero-order valence-corrected chi connectivity index (χ0v) is 13.7. The fourth-order valence-corrected chi connectivity index (χ4v) is 2.56. The van der Waals surface area contributed by atoms with Crippen molar-refractivity contribution in [2.45, 2.75) is 13.1 Å². The minimum atomic E-state index is -0.222. The van der Waals surface area contributed by atoms with Crippen LogP contribution in [-0.4, -0.2) is 32.1 Å². The van der Waals surface area contributed by atoms with Crippen molar-refractivity contribution < 1.29 is 4.39 Å². The van der Waals surface area contributed by atoms with E-state index in [0.717, 1.165) is 10.8 Å². The van der Waals surface area contributed by atoms with Crippen molar-refractivity contribution in [2.24, 2.45) is 4.99 Å². The van der Waals surface area contributed by atoms with Crippen molar-refractivity contribution in [3.63, 3.8) is 0 Å². The van der Waals surface area contributed by atoms with Crippen molar-refractivity contribution in [2.75, 3.05) is 26.0 Å². The number of aromatic nitrogens is 1. The number of halogens is 1. The first kappa shape index (κ1) is 16.2. The van der Waals surface area contributed by atoms with Crippen LogP contribution in [-0.2, 0) is 13.1 Å². The summed E-state index contributed by atoms with van der Waals surface area (Å²) >= 11 is 1.59. The van der Waals surface area contributed by atoms with E-state index in [4.69, 9.17) is 0 Å². The highest BCUT2D eigenvalue weighted by atomic mass is 32.1. The molecule has 0 saturated heterocycles. The molecule has 1 aromatic heterocycles. The van der Waals surface area contributed by atoms with Gasteiger partial charge in [0.05, 0.1) is 12.2 Å². The summed E-state index contributed by atoms with van der Waals surface area (Å²) in [5.41, 5.74) is 1.55. The molecule has 22 heavy (non-hydrogen) atoms. The molecule has 0 unspecified atom stereocenters. The van der Waals surface area contributed by atoms with Gasteiger partial charge in [0.1, 0.15) is 5.82 Å². The first-order valence-electron chi connectivity index (χ1n) is 6.90. The minimum Gasteiger partial charge on any atom is -0.354 e. The Labute approximate surface area is 133 Å². The van der Waals surface area contributed by atoms with Gasteiger partial charge in [-0.1, -0.05) is 18.2 Å². The lowest BCUT2D eigenvalue weighted by atomic mass is 10.2. The number of rotatable bonds is 5. The quantitative estimate of drug-likeness (QED) is 0.655. The molecule has 118 valence electrons. The number of hydrogen-bond acceptors (Lipinski definition) is 4. The third-order valence-electron chi connectivity index (χ3n) is 2.99. The van der Waals surface area contributed by atoms with E-state index in [2.05, 4.69) is 20.6 Å². The summed E-state index contributed by atoms with van der Waals surface area (Å²) < 4.78 is 13.6. The predicted molar refractivity (Wildman–Crippen MR) is 89.9 cm³/mol. The topological polar surface area (TPSA) is 52.6 Å². The SMILES string of the molecule is CN=C(NCc1csc(N(C)C)n1)NCc1ccccc1F. The van der Waals surface area contributed by atoms with Crippen LogP contribution in [0, 0.1) is 5.82 Å². The van der Waals surface area contributed by atoms with Crippen LogP contribution >= 0.6 is 11.3 Å². The lowest BCUT2D eigenvalue weighted by molar-refractivity contribution is 0.604. The van der Waals surface area contributed by atoms with Gasteiger partial charge >= 0.3 is 0 Å². The van der Waals surface area contributed by atoms with Gasteiger partial charge in [-0.15, -0.1) is 11.3 Å². The first-order valence-corrected chi connectivity index (χ1v) is 7.77. The van der Waals surface area contributed by atoms with Crippen LogP contribution in [0.4, 0.5) is 9.52 Å². The van der Waals surface area contributed by atoms with E-state index in [1.165, 1.54) is 6.07 Å². The molecule has 2 rings (SSSR count). The van der Waals surface area contributed by atoms with Crippen LogP contribution in [0.15, 0.2) is 34.6 Å². The number of nitrogens with one attached hydrogen (secondary N) is 2. The van der Waals surface area contributed by atoms with Crippen molar-refractivity contribution in [3.05, 3.63) is 46.7 Å². The van der Waals surface area contributed by atoms with Crippen LogP contribution < -0.4 is 15.5 Å². The van der Waals surface area contributed by atoms with E-state index in [0.29, 0.717) is 24.6 Å². The Balaban J connectivity index is 1.86. The highest BCUT2D eigenvalue weighted by molar-refractivity contribution is 7.13. The molecule has 5 nitrogen and oxygen atoms in total. The van der Waals surface area contributed by atoms with Gasteiger partial charge in [0, 0.05) is 38.6 Å². The maximum atomic E-state index is 13.6. The second-order valence-electron chi connectivity index (χ2n) is 4.89. The molecule has 0 radical (unpaired) electrons. The lowest BCUT2D eigenvalue weighted by Gasteiger charge is -2.11. The molecular formula is C15H20FN5S. The lowest BCUT2D eigenvalue weighted by Crippen LogP contribution is -2.36. The van der Waals surface area contributed by atoms with Crippen LogP contribution in [0.1, 0.15) is 11.3 Å². The molecule has 0 saturated carbocycles. The van der Waals surface area contributed by atoms with Crippen LogP contribution in [0.5, 0.6) is 0 Å². The molecule has 0 aliphatic carbocycles. The van der Waals surface area contributed by atoms with Crippen LogP contribution in [0.2, 0.25) is 0 Å². The van der Waals surface area contributed by atoms with Crippen molar-refractivity contribution in [1.29, 1.82) is 0 Å². The number of hydrogen-bond donors (Lipinski definition) is 2. The van der Waals surface area contributed by atoms with E-state index < -0.39 is 0 Å². The molecule has 1 aromatic carbocycles. The van der Waals surface area contributed by atoms with Crippen molar-refractivity contribution in [1.82, 2.24) is 15.6 Å². The zero-order valence-electron chi connectivity index (χ0n) is 12.9. The Morgan fingerprint density at radius 1 is 1.27 bits per heavy atom. The van der Waals surface area contributed by atoms with Gasteiger partial charge in [-0.05, 0) is 6.07 Å². The Bertz CT molecular complexity index is 638. The first-order chi connectivity index (χ1) is 10.6. The smallest absolute Gasteiger partial charge is 0.191 e. The molecule has 2 aromatic rings. The molecule has 0 atom stereocenters. The number of thiazole rings is 1. The Morgan fingerprint density at radius 3 is 2.64 bits per heavy atom. The van der Waals surface area contributed by atoms with Gasteiger partial charge in [0.2, 0.25) is 0 Å². The maximum Gasteiger partial charge on any atom is 0.191 e. The summed E-state index contributed by atoms with van der Waals surface area (Å²) in [7, 11) is 5.61. The molecule has 0 spiro atoms. The molecule has 0 bridgehead atoms. The van der Waals surface area contributed by atoms with Crippen LogP contribution in [0.3, 0.4) is 0 Å². The molecule has 2 N–H and O–H groups in total. The fourth-order valence-electron chi connectivity index (χ4n) is 1.80. The zero-order chi connectivity index (χ0) is 15.9. The highest BCUT2D eigenvalue weighted by Gasteiger charge is 2.06. The monoisotopic (exact) mass is 321 g/mol. The minimum absolute atomic E-state index is 0.222. The van der Waals surface area contributed by atoms with Gasteiger partial charge in [-0.25, -0.2) is 9.37 Å². The van der Waals surface area contributed by atoms with Crippen molar-refractivity contribution in [3.8, 4) is 0 Å². The largest absolute Gasteiger partial charge is 0.354 e. The molecule has 0 aliphatic rings. The van der Waals surface area contributed by atoms with Gasteiger partial charge in [-0.3, -0.25) is 4.99 Å². The summed E-state index contributed by atoms with van der Waals surface area (Å²) in [6, 6.07) is 6.69. The Hall–Kier alpha value is -2.15. The number of benzene rings is 1. The molecule has 0 fully saturated rings. The third kappa shape index (κ3) is 4.42. The van der Waals surface area contributed by atoms with Gasteiger partial charge < -0.3 is 15.5 Å². The molecule has 7 heteroatoms. The van der Waals surface area contributed by atoms with E-state index in [9.17, 15) is 4.39 Å². The van der Waals surface area contributed by atoms with E-state index in [1.807, 2.05) is 30.4 Å². The summed E-state index contributed by atoms with van der Waals surface area (Å²) in [6.45, 7) is 0.952. The number of anilines is 1. The summed E-state index contributed by atoms with van der Waals surface area (Å²) in [5, 5.41) is 9.23. The summed E-state index contributed by atoms with van der Waals surface area (Å²) in [4.78, 5) is 10.6. The number of aliphatic imine (C=N–C) groups is 1. The molecule has 1 heterocycles. The number of guanidine groups is 1. The Morgan fingerprint density at radius 2 is 2.00 bits per heavy atom. The standard InChI is InChI=1S/C15H20FN5S/c1-17-14(18-8-11-6-4-5-7-13(11)16)19-9-12-10-22-15(20-12)21(2)3/h4-7,10H,8-9H2,1-3H3,(H2,17,18,19).